The highest BCUT2D eigenvalue weighted by molar-refractivity contribution is 9.10. The van der Waals surface area contributed by atoms with Crippen molar-refractivity contribution in [1.82, 2.24) is 14.9 Å². The first-order valence-corrected chi connectivity index (χ1v) is 10.3. The van der Waals surface area contributed by atoms with Gasteiger partial charge in [-0.2, -0.15) is 0 Å². The van der Waals surface area contributed by atoms with Crippen LogP contribution in [0.25, 0.3) is 0 Å². The maximum Gasteiger partial charge on any atom is 0.271 e. The van der Waals surface area contributed by atoms with Crippen LogP contribution in [0.1, 0.15) is 30.5 Å². The van der Waals surface area contributed by atoms with Gasteiger partial charge in [0.05, 0.1) is 6.54 Å². The lowest BCUT2D eigenvalue weighted by atomic mass is 10.1. The molecule has 0 saturated heterocycles. The number of nitrogens with one attached hydrogen (secondary N) is 1. The zero-order chi connectivity index (χ0) is 21.7. The number of ether oxygens (including phenoxy) is 1. The average molecular weight is 478 g/mol. The van der Waals surface area contributed by atoms with E-state index in [0.29, 0.717) is 12.6 Å². The largest absolute Gasteiger partial charge is 0.472 e. The molecule has 3 aromatic rings. The Kier molecular flexibility index (Phi) is 7.33. The number of nitrogens with zero attached hydrogens (tertiary/aromatic N) is 2. The molecule has 1 aromatic heterocycles. The molecule has 158 valence electrons. The Balaban J connectivity index is 1.72. The number of benzene rings is 2. The van der Waals surface area contributed by atoms with Gasteiger partial charge in [-0.1, -0.05) is 38.1 Å². The molecular weight excluding hydrogens is 456 g/mol. The predicted octanol–water partition coefficient (Wildman–Crippen LogP) is 4.41. The minimum Gasteiger partial charge on any atom is -0.472 e. The second-order valence-electron chi connectivity index (χ2n) is 7.18. The minimum absolute atomic E-state index is 0.0508. The van der Waals surface area contributed by atoms with Crippen LogP contribution in [-0.4, -0.2) is 15.6 Å². The SMILES string of the molecule is CC(C)NCc1cccc(Cn2cnc(OCc3ccc(F)cc3F)c(Br)c2=O)c1. The van der Waals surface area contributed by atoms with Gasteiger partial charge in [0.1, 0.15) is 29.0 Å². The van der Waals surface area contributed by atoms with Crippen LogP contribution < -0.4 is 15.6 Å². The first kappa shape index (κ1) is 22.1. The van der Waals surface area contributed by atoms with E-state index in [1.807, 2.05) is 24.3 Å². The van der Waals surface area contributed by atoms with Gasteiger partial charge in [0.15, 0.2) is 0 Å². The summed E-state index contributed by atoms with van der Waals surface area (Å²) in [6.07, 6.45) is 1.39. The summed E-state index contributed by atoms with van der Waals surface area (Å²) in [4.78, 5) is 16.8. The zero-order valence-electron chi connectivity index (χ0n) is 16.7. The van der Waals surface area contributed by atoms with Gasteiger partial charge in [0.25, 0.3) is 5.56 Å². The summed E-state index contributed by atoms with van der Waals surface area (Å²) in [6, 6.07) is 11.6. The van der Waals surface area contributed by atoms with Crippen LogP contribution in [0.2, 0.25) is 0 Å². The van der Waals surface area contributed by atoms with Crippen molar-refractivity contribution >= 4 is 15.9 Å². The highest BCUT2D eigenvalue weighted by atomic mass is 79.9. The van der Waals surface area contributed by atoms with Crippen LogP contribution in [0.15, 0.2) is 58.1 Å². The molecule has 30 heavy (non-hydrogen) atoms. The first-order chi connectivity index (χ1) is 14.3. The minimum atomic E-state index is -0.716. The molecule has 2 aromatic carbocycles. The lowest BCUT2D eigenvalue weighted by molar-refractivity contribution is 0.283. The first-order valence-electron chi connectivity index (χ1n) is 9.46. The third kappa shape index (κ3) is 5.73. The highest BCUT2D eigenvalue weighted by Gasteiger charge is 2.13. The predicted molar refractivity (Wildman–Crippen MR) is 114 cm³/mol. The third-order valence-electron chi connectivity index (χ3n) is 4.39. The monoisotopic (exact) mass is 477 g/mol. The molecule has 0 saturated carbocycles. The molecule has 0 bridgehead atoms. The molecule has 0 amide bonds. The van der Waals surface area contributed by atoms with Crippen LogP contribution in [-0.2, 0) is 19.7 Å². The molecule has 5 nitrogen and oxygen atoms in total. The van der Waals surface area contributed by atoms with Crippen LogP contribution >= 0.6 is 15.9 Å². The molecule has 0 fully saturated rings. The van der Waals surface area contributed by atoms with Crippen molar-refractivity contribution < 1.29 is 13.5 Å². The summed E-state index contributed by atoms with van der Waals surface area (Å²) in [5, 5.41) is 3.36. The van der Waals surface area contributed by atoms with Crippen molar-refractivity contribution in [2.75, 3.05) is 0 Å². The van der Waals surface area contributed by atoms with E-state index >= 15 is 0 Å². The third-order valence-corrected chi connectivity index (χ3v) is 5.07. The Morgan fingerprint density at radius 1 is 1.17 bits per heavy atom. The zero-order valence-corrected chi connectivity index (χ0v) is 18.2. The van der Waals surface area contributed by atoms with Crippen molar-refractivity contribution in [3.05, 3.63) is 91.9 Å². The van der Waals surface area contributed by atoms with E-state index in [1.54, 1.807) is 0 Å². The van der Waals surface area contributed by atoms with Crippen molar-refractivity contribution in [3.8, 4) is 5.88 Å². The van der Waals surface area contributed by atoms with Crippen molar-refractivity contribution in [2.45, 2.75) is 39.6 Å². The number of rotatable bonds is 8. The molecule has 1 heterocycles. The van der Waals surface area contributed by atoms with E-state index < -0.39 is 11.6 Å². The van der Waals surface area contributed by atoms with Crippen molar-refractivity contribution in [3.63, 3.8) is 0 Å². The standard InChI is InChI=1S/C22H22BrF2N3O2/c1-14(2)26-10-15-4-3-5-16(8-15)11-28-13-27-21(20(23)22(28)29)30-12-17-6-7-18(24)9-19(17)25/h3-9,13-14,26H,10-12H2,1-2H3. The van der Waals surface area contributed by atoms with E-state index in [4.69, 9.17) is 4.74 Å². The summed E-state index contributed by atoms with van der Waals surface area (Å²) in [5.74, 6) is -1.33. The van der Waals surface area contributed by atoms with Gasteiger partial charge in [0, 0.05) is 24.2 Å². The quantitative estimate of drug-likeness (QED) is 0.522. The van der Waals surface area contributed by atoms with Crippen LogP contribution in [0.3, 0.4) is 0 Å². The van der Waals surface area contributed by atoms with E-state index in [-0.39, 0.29) is 28.1 Å². The number of aromatic nitrogens is 2. The topological polar surface area (TPSA) is 56.1 Å². The maximum absolute atomic E-state index is 13.7. The van der Waals surface area contributed by atoms with Gasteiger partial charge < -0.3 is 10.1 Å². The lowest BCUT2D eigenvalue weighted by Gasteiger charge is -2.12. The van der Waals surface area contributed by atoms with E-state index in [2.05, 4.69) is 40.1 Å². The van der Waals surface area contributed by atoms with E-state index in [1.165, 1.54) is 17.0 Å². The highest BCUT2D eigenvalue weighted by Crippen LogP contribution is 2.20. The molecule has 8 heteroatoms. The number of hydrogen-bond acceptors (Lipinski definition) is 4. The molecule has 0 spiro atoms. The molecule has 0 aliphatic heterocycles. The molecule has 0 radical (unpaired) electrons. The Morgan fingerprint density at radius 2 is 1.93 bits per heavy atom. The molecule has 0 aliphatic rings. The summed E-state index contributed by atoms with van der Waals surface area (Å²) in [6.45, 7) is 5.09. The summed E-state index contributed by atoms with van der Waals surface area (Å²) < 4.78 is 33.8. The van der Waals surface area contributed by atoms with Gasteiger partial charge in [0.2, 0.25) is 5.88 Å². The molecule has 0 aliphatic carbocycles. The van der Waals surface area contributed by atoms with Crippen LogP contribution in [0.5, 0.6) is 5.88 Å². The van der Waals surface area contributed by atoms with Gasteiger partial charge in [-0.3, -0.25) is 9.36 Å². The fourth-order valence-corrected chi connectivity index (χ4v) is 3.25. The van der Waals surface area contributed by atoms with Crippen molar-refractivity contribution in [1.29, 1.82) is 0 Å². The Morgan fingerprint density at radius 3 is 2.67 bits per heavy atom. The smallest absolute Gasteiger partial charge is 0.271 e. The van der Waals surface area contributed by atoms with E-state index in [0.717, 1.165) is 29.8 Å². The van der Waals surface area contributed by atoms with Gasteiger partial charge in [-0.15, -0.1) is 0 Å². The summed E-state index contributed by atoms with van der Waals surface area (Å²) in [7, 11) is 0. The Hall–Kier alpha value is -2.58. The molecule has 1 N–H and O–H groups in total. The summed E-state index contributed by atoms with van der Waals surface area (Å²) in [5.41, 5.74) is 1.95. The Bertz CT molecular complexity index is 1090. The fourth-order valence-electron chi connectivity index (χ4n) is 2.80. The van der Waals surface area contributed by atoms with Crippen LogP contribution in [0, 0.1) is 11.6 Å². The van der Waals surface area contributed by atoms with E-state index in [9.17, 15) is 13.6 Å². The number of halogens is 3. The Labute approximate surface area is 181 Å². The molecule has 3 rings (SSSR count). The van der Waals surface area contributed by atoms with Gasteiger partial charge in [-0.05, 0) is 39.2 Å². The van der Waals surface area contributed by atoms with Crippen molar-refractivity contribution in [2.24, 2.45) is 0 Å². The lowest BCUT2D eigenvalue weighted by Crippen LogP contribution is -2.23. The summed E-state index contributed by atoms with van der Waals surface area (Å²) >= 11 is 3.22. The second kappa shape index (κ2) is 9.95. The van der Waals surface area contributed by atoms with Gasteiger partial charge >= 0.3 is 0 Å². The molecular formula is C22H22BrF2N3O2. The second-order valence-corrected chi connectivity index (χ2v) is 7.97. The maximum atomic E-state index is 13.7. The van der Waals surface area contributed by atoms with Crippen LogP contribution in [0.4, 0.5) is 8.78 Å². The fraction of sp³-hybridized carbons (Fsp3) is 0.273. The molecule has 0 unspecified atom stereocenters. The average Bonchev–Trinajstić information content (AvgIpc) is 2.71. The normalized spacial score (nSPS) is 11.1. The number of hydrogen-bond donors (Lipinski definition) is 1. The molecule has 0 atom stereocenters. The van der Waals surface area contributed by atoms with Gasteiger partial charge in [-0.25, -0.2) is 13.8 Å².